The van der Waals surface area contributed by atoms with Crippen LogP contribution in [0.4, 0.5) is 0 Å². The highest BCUT2D eigenvalue weighted by atomic mass is 28.4. The number of esters is 2. The Bertz CT molecular complexity index is 1380. The molecule has 10 unspecified atom stereocenters. The lowest BCUT2D eigenvalue weighted by Gasteiger charge is -2.39. The number of hydrogen-bond acceptors (Lipinski definition) is 9. The molecular formula is C48H90O9Si3. The summed E-state index contributed by atoms with van der Waals surface area (Å²) in [5, 5.41) is 11.7. The number of epoxide rings is 1. The highest BCUT2D eigenvalue weighted by Crippen LogP contribution is 2.42. The Morgan fingerprint density at radius 3 is 1.97 bits per heavy atom. The standard InChI is InChI=1S/C48H90O9Si3/c1-17-41(56-59(21-5,22-6)23-7)38(13)46-42(53-46)35-47(15,57-60(24-8,25-9)26-10)32-27-28-36(11)45-37(12)29-30-43(52-39(14)49)48(16,51)33-31-40(34-44(50)54-45)55-58(18-2,19-3)20-4/h27-30,32,37-38,40-43,45-46,51H,17-26,31,33-35H2,1-16H3/b30-29-,32-27+,36-28+. The van der Waals surface area contributed by atoms with Gasteiger partial charge in [0, 0.05) is 31.3 Å². The summed E-state index contributed by atoms with van der Waals surface area (Å²) >= 11 is 0. The molecule has 1 fully saturated rings. The molecule has 2 aliphatic rings. The molecule has 1 N–H and O–H groups in total. The zero-order chi connectivity index (χ0) is 45.5. The Morgan fingerprint density at radius 2 is 1.47 bits per heavy atom. The highest BCUT2D eigenvalue weighted by Gasteiger charge is 2.51. The van der Waals surface area contributed by atoms with E-state index in [2.05, 4.69) is 95.2 Å². The number of allylic oxidation sites excluding steroid dienone is 2. The highest BCUT2D eigenvalue weighted by molar-refractivity contribution is 6.74. The summed E-state index contributed by atoms with van der Waals surface area (Å²) in [7, 11) is -5.90. The first-order chi connectivity index (χ1) is 28.2. The van der Waals surface area contributed by atoms with E-state index in [4.69, 9.17) is 27.5 Å². The number of rotatable bonds is 24. The van der Waals surface area contributed by atoms with Gasteiger partial charge in [-0.2, -0.15) is 0 Å². The third-order valence-electron chi connectivity index (χ3n) is 14.7. The van der Waals surface area contributed by atoms with Crippen LogP contribution in [-0.2, 0) is 37.1 Å². The molecule has 10 atom stereocenters. The summed E-state index contributed by atoms with van der Waals surface area (Å²) in [5.41, 5.74) is -1.04. The van der Waals surface area contributed by atoms with E-state index < -0.39 is 60.4 Å². The Kier molecular flexibility index (Phi) is 22.5. The van der Waals surface area contributed by atoms with Gasteiger partial charge >= 0.3 is 11.9 Å². The molecule has 2 rings (SSSR count). The zero-order valence-corrected chi connectivity index (χ0v) is 44.1. The molecule has 0 spiro atoms. The molecule has 9 nitrogen and oxygen atoms in total. The second-order valence-corrected chi connectivity index (χ2v) is 32.8. The van der Waals surface area contributed by atoms with E-state index in [1.807, 2.05) is 26.0 Å². The summed E-state index contributed by atoms with van der Waals surface area (Å²) in [6.45, 7) is 34.0. The van der Waals surface area contributed by atoms with Crippen molar-refractivity contribution in [3.05, 3.63) is 36.0 Å². The van der Waals surface area contributed by atoms with Crippen molar-refractivity contribution >= 4 is 36.9 Å². The van der Waals surface area contributed by atoms with Gasteiger partial charge in [-0.05, 0) is 106 Å². The van der Waals surface area contributed by atoms with Crippen LogP contribution in [0.1, 0.15) is 143 Å². The number of ether oxygens (including phenoxy) is 3. The predicted octanol–water partition coefficient (Wildman–Crippen LogP) is 12.2. The van der Waals surface area contributed by atoms with Crippen molar-refractivity contribution in [1.82, 2.24) is 0 Å². The molecule has 0 bridgehead atoms. The summed E-state index contributed by atoms with van der Waals surface area (Å²) in [5.74, 6) is -0.775. The maximum Gasteiger partial charge on any atom is 0.308 e. The van der Waals surface area contributed by atoms with E-state index in [0.29, 0.717) is 18.8 Å². The zero-order valence-electron chi connectivity index (χ0n) is 41.1. The van der Waals surface area contributed by atoms with Gasteiger partial charge in [0.05, 0.1) is 30.3 Å². The first kappa shape index (κ1) is 54.7. The molecule has 12 heteroatoms. The molecule has 0 amide bonds. The van der Waals surface area contributed by atoms with E-state index in [-0.39, 0.29) is 36.6 Å². The smallest absolute Gasteiger partial charge is 0.308 e. The molecule has 2 aliphatic heterocycles. The minimum atomic E-state index is -2.10. The number of cyclic esters (lactones) is 1. The fourth-order valence-electron chi connectivity index (χ4n) is 9.45. The molecule has 60 heavy (non-hydrogen) atoms. The van der Waals surface area contributed by atoms with Crippen LogP contribution in [0.25, 0.3) is 0 Å². The lowest BCUT2D eigenvalue weighted by Crippen LogP contribution is -2.46. The Balaban J connectivity index is 2.52. The first-order valence-electron chi connectivity index (χ1n) is 24.0. The van der Waals surface area contributed by atoms with E-state index >= 15 is 0 Å². The Labute approximate surface area is 370 Å². The van der Waals surface area contributed by atoms with Crippen LogP contribution >= 0.6 is 0 Å². The second-order valence-electron chi connectivity index (χ2n) is 18.7. The van der Waals surface area contributed by atoms with Gasteiger partial charge in [0.1, 0.15) is 17.8 Å². The van der Waals surface area contributed by atoms with Gasteiger partial charge in [0.25, 0.3) is 0 Å². The van der Waals surface area contributed by atoms with Gasteiger partial charge in [-0.1, -0.05) is 107 Å². The fourth-order valence-corrected chi connectivity index (χ4v) is 18.5. The topological polar surface area (TPSA) is 113 Å². The lowest BCUT2D eigenvalue weighted by atomic mass is 9.88. The third-order valence-corrected chi connectivity index (χ3v) is 28.8. The minimum Gasteiger partial charge on any atom is -0.457 e. The van der Waals surface area contributed by atoms with Gasteiger partial charge in [0.2, 0.25) is 0 Å². The molecule has 1 saturated heterocycles. The average Bonchev–Trinajstić information content (AvgIpc) is 3.99. The maximum atomic E-state index is 13.9. The van der Waals surface area contributed by atoms with Gasteiger partial charge < -0.3 is 32.6 Å². The molecule has 0 saturated carbocycles. The van der Waals surface area contributed by atoms with Gasteiger partial charge in [-0.25, -0.2) is 0 Å². The van der Waals surface area contributed by atoms with Crippen LogP contribution in [0, 0.1) is 11.8 Å². The molecular weight excluding hydrogens is 805 g/mol. The van der Waals surface area contributed by atoms with E-state index in [1.165, 1.54) is 6.92 Å². The number of hydrogen-bond donors (Lipinski definition) is 1. The quantitative estimate of drug-likeness (QED) is 0.0333. The van der Waals surface area contributed by atoms with Crippen LogP contribution in [-0.4, -0.2) is 89.8 Å². The summed E-state index contributed by atoms with van der Waals surface area (Å²) in [6.07, 6.45) is 11.0. The fraction of sp³-hybridized carbons (Fsp3) is 0.833. The molecule has 2 heterocycles. The van der Waals surface area contributed by atoms with Crippen molar-refractivity contribution < 1.29 is 42.2 Å². The van der Waals surface area contributed by atoms with Crippen LogP contribution in [0.5, 0.6) is 0 Å². The lowest BCUT2D eigenvalue weighted by molar-refractivity contribution is -0.157. The summed E-state index contributed by atoms with van der Waals surface area (Å²) in [4.78, 5) is 26.1. The SMILES string of the molecule is CCC(O[Si](CC)(CC)CC)C(C)C1OC1CC(C)(/C=C/C=C(\C)C1OC(=O)CC(O[Si](CC)(CC)CC)CCC(C)(O)C(OC(C)=O)/C=C\C1C)O[Si](CC)(CC)CC. The molecule has 0 aromatic heterocycles. The number of carbonyl (C=O) groups excluding carboxylic acids is 2. The Hall–Kier alpha value is -1.39. The van der Waals surface area contributed by atoms with Crippen LogP contribution < -0.4 is 0 Å². The Morgan fingerprint density at radius 1 is 0.917 bits per heavy atom. The largest absolute Gasteiger partial charge is 0.457 e. The molecule has 0 aliphatic carbocycles. The molecule has 0 aromatic rings. The monoisotopic (exact) mass is 895 g/mol. The minimum absolute atomic E-state index is 0.0838. The number of aliphatic hydroxyl groups is 1. The predicted molar refractivity (Wildman–Crippen MR) is 255 cm³/mol. The second kappa shape index (κ2) is 24.6. The van der Waals surface area contributed by atoms with Crippen LogP contribution in [0.15, 0.2) is 36.0 Å². The van der Waals surface area contributed by atoms with Crippen LogP contribution in [0.3, 0.4) is 0 Å². The first-order valence-corrected chi connectivity index (χ1v) is 31.6. The van der Waals surface area contributed by atoms with Gasteiger partial charge in [-0.15, -0.1) is 0 Å². The summed E-state index contributed by atoms with van der Waals surface area (Å²) < 4.78 is 39.8. The number of carbonyl (C=O) groups is 2. The van der Waals surface area contributed by atoms with Gasteiger partial charge in [-0.3, -0.25) is 9.59 Å². The van der Waals surface area contributed by atoms with E-state index in [1.54, 1.807) is 13.0 Å². The average molecular weight is 895 g/mol. The van der Waals surface area contributed by atoms with Gasteiger partial charge in [0.15, 0.2) is 25.0 Å². The van der Waals surface area contributed by atoms with Crippen molar-refractivity contribution in [3.8, 4) is 0 Å². The van der Waals surface area contributed by atoms with Crippen molar-refractivity contribution in [1.29, 1.82) is 0 Å². The maximum absolute atomic E-state index is 13.9. The third kappa shape index (κ3) is 15.4. The van der Waals surface area contributed by atoms with Crippen molar-refractivity contribution in [3.63, 3.8) is 0 Å². The van der Waals surface area contributed by atoms with E-state index in [0.717, 1.165) is 72.8 Å². The molecule has 348 valence electrons. The summed E-state index contributed by atoms with van der Waals surface area (Å²) in [6, 6.07) is 9.36. The van der Waals surface area contributed by atoms with E-state index in [9.17, 15) is 14.7 Å². The van der Waals surface area contributed by atoms with Crippen molar-refractivity contribution in [2.24, 2.45) is 11.8 Å². The normalized spacial score (nSPS) is 28.9. The van der Waals surface area contributed by atoms with Crippen molar-refractivity contribution in [2.75, 3.05) is 0 Å². The molecule has 0 radical (unpaired) electrons. The van der Waals surface area contributed by atoms with Crippen LogP contribution in [0.2, 0.25) is 54.4 Å². The van der Waals surface area contributed by atoms with Crippen molar-refractivity contribution in [2.45, 2.75) is 245 Å². The molecule has 0 aromatic carbocycles.